The molecule has 9 nitrogen and oxygen atoms in total. The van der Waals surface area contributed by atoms with E-state index in [2.05, 4.69) is 4.90 Å². The number of anilines is 1. The van der Waals surface area contributed by atoms with Gasteiger partial charge in [-0.25, -0.2) is 4.39 Å². The van der Waals surface area contributed by atoms with E-state index in [-0.39, 0.29) is 40.4 Å². The SMILES string of the molecule is COc1ccc(N(CCN2CCC(C(=O)c3ccc(F)cc3)CC2)C(=O)c2ccc([N+](=O)[O-])c(OC)c2)cc1. The molecule has 3 aromatic carbocycles. The van der Waals surface area contributed by atoms with Crippen LogP contribution in [-0.2, 0) is 0 Å². The van der Waals surface area contributed by atoms with Crippen molar-refractivity contribution in [2.24, 2.45) is 5.92 Å². The summed E-state index contributed by atoms with van der Waals surface area (Å²) in [4.78, 5) is 41.0. The number of nitro benzene ring substituents is 1. The molecule has 39 heavy (non-hydrogen) atoms. The number of halogens is 1. The summed E-state index contributed by atoms with van der Waals surface area (Å²) in [6, 6.07) is 16.8. The Morgan fingerprint density at radius 1 is 0.974 bits per heavy atom. The van der Waals surface area contributed by atoms with Crippen molar-refractivity contribution in [2.75, 3.05) is 45.3 Å². The van der Waals surface area contributed by atoms with Gasteiger partial charge in [0.15, 0.2) is 11.5 Å². The van der Waals surface area contributed by atoms with Crippen LogP contribution in [0.3, 0.4) is 0 Å². The van der Waals surface area contributed by atoms with Crippen LogP contribution in [0.5, 0.6) is 11.5 Å². The van der Waals surface area contributed by atoms with Gasteiger partial charge in [-0.3, -0.25) is 19.7 Å². The van der Waals surface area contributed by atoms with E-state index in [9.17, 15) is 24.1 Å². The van der Waals surface area contributed by atoms with Gasteiger partial charge in [-0.15, -0.1) is 0 Å². The number of amides is 1. The van der Waals surface area contributed by atoms with Gasteiger partial charge in [-0.05, 0) is 80.5 Å². The highest BCUT2D eigenvalue weighted by atomic mass is 19.1. The number of benzene rings is 3. The Morgan fingerprint density at radius 3 is 2.21 bits per heavy atom. The molecule has 0 unspecified atom stereocenters. The minimum atomic E-state index is -0.557. The molecule has 0 radical (unpaired) electrons. The van der Waals surface area contributed by atoms with Gasteiger partial charge in [0.05, 0.1) is 19.1 Å². The van der Waals surface area contributed by atoms with E-state index in [0.717, 1.165) is 0 Å². The molecule has 204 valence electrons. The smallest absolute Gasteiger partial charge is 0.310 e. The number of rotatable bonds is 10. The van der Waals surface area contributed by atoms with Crippen molar-refractivity contribution < 1.29 is 28.4 Å². The number of piperidine rings is 1. The number of carbonyl (C=O) groups excluding carboxylic acids is 2. The lowest BCUT2D eigenvalue weighted by molar-refractivity contribution is -0.385. The molecular weight excluding hydrogens is 505 g/mol. The van der Waals surface area contributed by atoms with Gasteiger partial charge in [-0.2, -0.15) is 0 Å². The van der Waals surface area contributed by atoms with Crippen LogP contribution in [0.4, 0.5) is 15.8 Å². The number of ether oxygens (including phenoxy) is 2. The van der Waals surface area contributed by atoms with Crippen LogP contribution < -0.4 is 14.4 Å². The zero-order chi connectivity index (χ0) is 27.9. The van der Waals surface area contributed by atoms with E-state index >= 15 is 0 Å². The molecule has 3 aromatic rings. The summed E-state index contributed by atoms with van der Waals surface area (Å²) in [6.45, 7) is 2.31. The lowest BCUT2D eigenvalue weighted by atomic mass is 9.89. The molecule has 0 bridgehead atoms. The number of Topliss-reactive ketones (excluding diaryl/α,β-unsaturated/α-hetero) is 1. The number of carbonyl (C=O) groups is 2. The lowest BCUT2D eigenvalue weighted by Crippen LogP contribution is -2.42. The molecule has 4 rings (SSSR count). The van der Waals surface area contributed by atoms with Crippen LogP contribution in [0.25, 0.3) is 0 Å². The Kier molecular flexibility index (Phi) is 8.88. The molecule has 0 atom stereocenters. The summed E-state index contributed by atoms with van der Waals surface area (Å²) in [5.74, 6) is -0.140. The molecule has 0 saturated carbocycles. The highest BCUT2D eigenvalue weighted by molar-refractivity contribution is 6.06. The van der Waals surface area contributed by atoms with Crippen LogP contribution in [-0.4, -0.2) is 61.9 Å². The standard InChI is InChI=1S/C29H30FN3O6/c1-38-25-10-8-24(9-11-25)32(29(35)22-5-12-26(33(36)37)27(19-22)39-2)18-17-31-15-13-21(14-16-31)28(34)20-3-6-23(30)7-4-20/h3-12,19,21H,13-18H2,1-2H3. The van der Waals surface area contributed by atoms with Crippen LogP contribution in [0, 0.1) is 21.8 Å². The maximum absolute atomic E-state index is 13.6. The molecule has 0 spiro atoms. The van der Waals surface area contributed by atoms with Crippen molar-refractivity contribution in [1.29, 1.82) is 0 Å². The maximum atomic E-state index is 13.6. The van der Waals surface area contributed by atoms with Crippen molar-refractivity contribution in [3.8, 4) is 11.5 Å². The molecule has 0 N–H and O–H groups in total. The third-order valence-corrected chi connectivity index (χ3v) is 6.98. The number of hydrogen-bond acceptors (Lipinski definition) is 7. The average Bonchev–Trinajstić information content (AvgIpc) is 2.97. The third kappa shape index (κ3) is 6.58. The molecule has 0 aliphatic carbocycles. The Labute approximate surface area is 225 Å². The number of likely N-dealkylation sites (tertiary alicyclic amines) is 1. The van der Waals surface area contributed by atoms with Gasteiger partial charge in [0.25, 0.3) is 5.91 Å². The zero-order valence-corrected chi connectivity index (χ0v) is 21.8. The van der Waals surface area contributed by atoms with Crippen LogP contribution in [0.2, 0.25) is 0 Å². The molecule has 1 heterocycles. The number of ketones is 1. The average molecular weight is 536 g/mol. The molecular formula is C29H30FN3O6. The fourth-order valence-corrected chi connectivity index (χ4v) is 4.74. The molecule has 10 heteroatoms. The minimum absolute atomic E-state index is 0.00780. The van der Waals surface area contributed by atoms with Crippen molar-refractivity contribution in [3.63, 3.8) is 0 Å². The molecule has 1 saturated heterocycles. The minimum Gasteiger partial charge on any atom is -0.497 e. The predicted molar refractivity (Wildman–Crippen MR) is 144 cm³/mol. The second kappa shape index (κ2) is 12.5. The Balaban J connectivity index is 1.46. The summed E-state index contributed by atoms with van der Waals surface area (Å²) >= 11 is 0. The fourth-order valence-electron chi connectivity index (χ4n) is 4.74. The first-order valence-corrected chi connectivity index (χ1v) is 12.6. The van der Waals surface area contributed by atoms with Gasteiger partial charge in [0.2, 0.25) is 0 Å². The second-order valence-electron chi connectivity index (χ2n) is 9.29. The van der Waals surface area contributed by atoms with E-state index in [4.69, 9.17) is 9.47 Å². The normalized spacial score (nSPS) is 14.0. The Hall–Kier alpha value is -4.31. The largest absolute Gasteiger partial charge is 0.497 e. The van der Waals surface area contributed by atoms with Gasteiger partial charge in [0, 0.05) is 48.0 Å². The van der Waals surface area contributed by atoms with Crippen LogP contribution >= 0.6 is 0 Å². The number of nitrogens with zero attached hydrogens (tertiary/aromatic N) is 3. The fraction of sp³-hybridized carbons (Fsp3) is 0.310. The number of nitro groups is 1. The van der Waals surface area contributed by atoms with Crippen LogP contribution in [0.1, 0.15) is 33.6 Å². The lowest BCUT2D eigenvalue weighted by Gasteiger charge is -2.33. The molecule has 1 aliphatic rings. The molecule has 1 amide bonds. The third-order valence-electron chi connectivity index (χ3n) is 6.98. The first kappa shape index (κ1) is 27.7. The molecule has 1 aliphatic heterocycles. The number of hydrogen-bond donors (Lipinski definition) is 0. The molecule has 1 fully saturated rings. The van der Waals surface area contributed by atoms with E-state index in [0.29, 0.717) is 56.0 Å². The van der Waals surface area contributed by atoms with Crippen molar-refractivity contribution in [2.45, 2.75) is 12.8 Å². The van der Waals surface area contributed by atoms with Gasteiger partial charge in [-0.1, -0.05) is 0 Å². The summed E-state index contributed by atoms with van der Waals surface area (Å²) in [5, 5.41) is 11.3. The monoisotopic (exact) mass is 535 g/mol. The first-order chi connectivity index (χ1) is 18.8. The van der Waals surface area contributed by atoms with Gasteiger partial charge >= 0.3 is 5.69 Å². The highest BCUT2D eigenvalue weighted by Crippen LogP contribution is 2.29. The topological polar surface area (TPSA) is 102 Å². The predicted octanol–water partition coefficient (Wildman–Crippen LogP) is 4.99. The van der Waals surface area contributed by atoms with E-state index < -0.39 is 4.92 Å². The van der Waals surface area contributed by atoms with E-state index in [1.165, 1.54) is 49.6 Å². The van der Waals surface area contributed by atoms with Crippen molar-refractivity contribution >= 4 is 23.1 Å². The second-order valence-corrected chi connectivity index (χ2v) is 9.29. The Bertz CT molecular complexity index is 1320. The van der Waals surface area contributed by atoms with Crippen molar-refractivity contribution in [1.82, 2.24) is 4.90 Å². The van der Waals surface area contributed by atoms with Crippen molar-refractivity contribution in [3.05, 3.63) is 93.8 Å². The number of methoxy groups -OCH3 is 2. The molecule has 0 aromatic heterocycles. The first-order valence-electron chi connectivity index (χ1n) is 12.6. The summed E-state index contributed by atoms with van der Waals surface area (Å²) in [5.41, 5.74) is 1.21. The van der Waals surface area contributed by atoms with Crippen LogP contribution in [0.15, 0.2) is 66.7 Å². The van der Waals surface area contributed by atoms with Gasteiger partial charge < -0.3 is 19.3 Å². The van der Waals surface area contributed by atoms with Gasteiger partial charge in [0.1, 0.15) is 11.6 Å². The van der Waals surface area contributed by atoms with E-state index in [1.54, 1.807) is 36.3 Å². The maximum Gasteiger partial charge on any atom is 0.310 e. The quantitative estimate of drug-likeness (QED) is 0.205. The van der Waals surface area contributed by atoms with E-state index in [1.807, 2.05) is 0 Å². The summed E-state index contributed by atoms with van der Waals surface area (Å²) in [7, 11) is 2.88. The highest BCUT2D eigenvalue weighted by Gasteiger charge is 2.27. The summed E-state index contributed by atoms with van der Waals surface area (Å²) in [6.07, 6.45) is 1.35. The Morgan fingerprint density at radius 2 is 1.62 bits per heavy atom. The zero-order valence-electron chi connectivity index (χ0n) is 21.8. The summed E-state index contributed by atoms with van der Waals surface area (Å²) < 4.78 is 23.6.